The fraction of sp³-hybridized carbons (Fsp3) is 0.278. The van der Waals surface area contributed by atoms with Gasteiger partial charge in [-0.2, -0.15) is 0 Å². The quantitative estimate of drug-likeness (QED) is 0.891. The molecule has 0 fully saturated rings. The van der Waals surface area contributed by atoms with E-state index in [0.717, 1.165) is 11.1 Å². The van der Waals surface area contributed by atoms with Crippen LogP contribution in [-0.2, 0) is 9.59 Å². The zero-order valence-corrected chi connectivity index (χ0v) is 14.4. The number of fused-ring (bicyclic) bond motifs is 1. The van der Waals surface area contributed by atoms with Crippen LogP contribution in [-0.4, -0.2) is 29.4 Å². The molecule has 0 aliphatic carbocycles. The summed E-state index contributed by atoms with van der Waals surface area (Å²) in [6, 6.07) is 9.01. The fourth-order valence-corrected chi connectivity index (χ4v) is 2.84. The van der Waals surface area contributed by atoms with Gasteiger partial charge in [0.25, 0.3) is 5.91 Å². The summed E-state index contributed by atoms with van der Waals surface area (Å²) >= 11 is 0. The lowest BCUT2D eigenvalue weighted by Gasteiger charge is -2.31. The lowest BCUT2D eigenvalue weighted by atomic mass is 10.1. The molecule has 7 nitrogen and oxygen atoms in total. The molecule has 2 heterocycles. The average molecular weight is 340 g/mol. The summed E-state index contributed by atoms with van der Waals surface area (Å²) in [5.41, 5.74) is 8.49. The number of hydrogen-bond donors (Lipinski definition) is 2. The Balaban J connectivity index is 1.82. The van der Waals surface area contributed by atoms with E-state index < -0.39 is 6.10 Å². The van der Waals surface area contributed by atoms with Crippen molar-refractivity contribution in [2.75, 3.05) is 22.5 Å². The third-order valence-corrected chi connectivity index (χ3v) is 3.84. The van der Waals surface area contributed by atoms with Crippen molar-refractivity contribution in [1.29, 1.82) is 0 Å². The summed E-state index contributed by atoms with van der Waals surface area (Å²) in [5.74, 6) is 0.299. The number of aryl methyl sites for hydroxylation is 2. The van der Waals surface area contributed by atoms with Crippen LogP contribution in [0.1, 0.15) is 18.1 Å². The molecule has 0 saturated carbocycles. The van der Waals surface area contributed by atoms with Crippen LogP contribution >= 0.6 is 0 Å². The Kier molecular flexibility index (Phi) is 4.31. The number of nitrogens with zero attached hydrogens (tertiary/aromatic N) is 2. The van der Waals surface area contributed by atoms with Gasteiger partial charge in [-0.25, -0.2) is 4.98 Å². The molecular weight excluding hydrogens is 320 g/mol. The van der Waals surface area contributed by atoms with E-state index in [0.29, 0.717) is 11.4 Å². The highest BCUT2D eigenvalue weighted by molar-refractivity contribution is 6.05. The van der Waals surface area contributed by atoms with Crippen LogP contribution < -0.4 is 20.7 Å². The van der Waals surface area contributed by atoms with Crippen LogP contribution in [0.4, 0.5) is 17.3 Å². The third-order valence-electron chi connectivity index (χ3n) is 3.84. The van der Waals surface area contributed by atoms with Gasteiger partial charge in [0.05, 0.1) is 0 Å². The Bertz CT molecular complexity index is 830. The van der Waals surface area contributed by atoms with Crippen molar-refractivity contribution in [2.45, 2.75) is 26.9 Å². The van der Waals surface area contributed by atoms with Crippen molar-refractivity contribution in [1.82, 2.24) is 4.98 Å². The standard InChI is InChI=1S/C18H20N4O3/c1-10-6-11(2)8-13(7-10)20-16(23)9-22-17-14(4-5-15(19)21-17)25-12(3)18(22)24/h4-8,12H,9H2,1-3H3,(H2,19,21)(H,20,23). The van der Waals surface area contributed by atoms with Gasteiger partial charge in [-0.05, 0) is 56.2 Å². The van der Waals surface area contributed by atoms with Crippen LogP contribution in [0.15, 0.2) is 30.3 Å². The highest BCUT2D eigenvalue weighted by Crippen LogP contribution is 2.32. The number of nitrogen functional groups attached to an aromatic ring is 1. The Labute approximate surface area is 145 Å². The number of aromatic nitrogens is 1. The number of benzene rings is 1. The van der Waals surface area contributed by atoms with Crippen molar-refractivity contribution in [2.24, 2.45) is 0 Å². The van der Waals surface area contributed by atoms with Gasteiger partial charge in [0.1, 0.15) is 12.4 Å². The molecule has 25 heavy (non-hydrogen) atoms. The predicted octanol–water partition coefficient (Wildman–Crippen LogP) is 2.03. The van der Waals surface area contributed by atoms with E-state index in [2.05, 4.69) is 10.3 Å². The first-order chi connectivity index (χ1) is 11.8. The second kappa shape index (κ2) is 6.43. The maximum absolute atomic E-state index is 12.4. The van der Waals surface area contributed by atoms with Crippen LogP contribution in [0.25, 0.3) is 0 Å². The van der Waals surface area contributed by atoms with E-state index in [4.69, 9.17) is 10.5 Å². The van der Waals surface area contributed by atoms with Crippen molar-refractivity contribution in [3.63, 3.8) is 0 Å². The molecule has 1 unspecified atom stereocenters. The van der Waals surface area contributed by atoms with Gasteiger partial charge in [0, 0.05) is 5.69 Å². The smallest absolute Gasteiger partial charge is 0.269 e. The van der Waals surface area contributed by atoms with Crippen LogP contribution in [0, 0.1) is 13.8 Å². The molecule has 1 aromatic heterocycles. The molecule has 0 bridgehead atoms. The number of nitrogens with one attached hydrogen (secondary N) is 1. The van der Waals surface area contributed by atoms with Crippen LogP contribution in [0.5, 0.6) is 5.75 Å². The summed E-state index contributed by atoms with van der Waals surface area (Å²) in [5, 5.41) is 2.82. The van der Waals surface area contributed by atoms with E-state index >= 15 is 0 Å². The number of anilines is 3. The molecule has 1 atom stereocenters. The number of amides is 2. The Hall–Kier alpha value is -3.09. The first-order valence-electron chi connectivity index (χ1n) is 7.96. The highest BCUT2D eigenvalue weighted by atomic mass is 16.5. The van der Waals surface area contributed by atoms with Gasteiger partial charge in [0.15, 0.2) is 17.7 Å². The topological polar surface area (TPSA) is 97.5 Å². The maximum atomic E-state index is 12.4. The van der Waals surface area contributed by atoms with Crippen molar-refractivity contribution in [3.8, 4) is 5.75 Å². The number of nitrogens with two attached hydrogens (primary N) is 1. The number of ether oxygens (including phenoxy) is 1. The van der Waals surface area contributed by atoms with Gasteiger partial charge in [-0.1, -0.05) is 6.07 Å². The van der Waals surface area contributed by atoms with Crippen molar-refractivity contribution in [3.05, 3.63) is 41.5 Å². The SMILES string of the molecule is Cc1cc(C)cc(NC(=O)CN2C(=O)C(C)Oc3ccc(N)nc32)c1. The summed E-state index contributed by atoms with van der Waals surface area (Å²) in [6.07, 6.45) is -0.688. The van der Waals surface area contributed by atoms with E-state index in [1.54, 1.807) is 19.1 Å². The van der Waals surface area contributed by atoms with Gasteiger partial charge < -0.3 is 15.8 Å². The number of carbonyl (C=O) groups is 2. The fourth-order valence-electron chi connectivity index (χ4n) is 2.84. The molecule has 2 amide bonds. The minimum atomic E-state index is -0.688. The molecule has 7 heteroatoms. The zero-order valence-electron chi connectivity index (χ0n) is 14.4. The minimum absolute atomic E-state index is 0.164. The van der Waals surface area contributed by atoms with E-state index in [-0.39, 0.29) is 30.0 Å². The molecule has 0 saturated heterocycles. The Morgan fingerprint density at radius 3 is 2.64 bits per heavy atom. The molecule has 1 aliphatic heterocycles. The Morgan fingerprint density at radius 2 is 1.96 bits per heavy atom. The van der Waals surface area contributed by atoms with Gasteiger partial charge in [-0.3, -0.25) is 14.5 Å². The van der Waals surface area contributed by atoms with Crippen LogP contribution in [0.3, 0.4) is 0 Å². The molecule has 3 N–H and O–H groups in total. The number of rotatable bonds is 3. The summed E-state index contributed by atoms with van der Waals surface area (Å²) < 4.78 is 5.52. The second-order valence-corrected chi connectivity index (χ2v) is 6.17. The molecule has 1 aliphatic rings. The first kappa shape index (κ1) is 16.8. The van der Waals surface area contributed by atoms with Gasteiger partial charge in [0.2, 0.25) is 5.91 Å². The van der Waals surface area contributed by atoms with Crippen molar-refractivity contribution < 1.29 is 14.3 Å². The minimum Gasteiger partial charge on any atom is -0.477 e. The van der Waals surface area contributed by atoms with E-state index in [1.807, 2.05) is 32.0 Å². The maximum Gasteiger partial charge on any atom is 0.269 e. The number of carbonyl (C=O) groups excluding carboxylic acids is 2. The summed E-state index contributed by atoms with van der Waals surface area (Å²) in [6.45, 7) is 5.39. The average Bonchev–Trinajstić information content (AvgIpc) is 2.51. The van der Waals surface area contributed by atoms with E-state index in [9.17, 15) is 9.59 Å². The molecule has 3 rings (SSSR count). The van der Waals surface area contributed by atoms with Gasteiger partial charge in [-0.15, -0.1) is 0 Å². The van der Waals surface area contributed by atoms with Gasteiger partial charge >= 0.3 is 0 Å². The van der Waals surface area contributed by atoms with Crippen molar-refractivity contribution >= 4 is 29.1 Å². The number of hydrogen-bond acceptors (Lipinski definition) is 5. The second-order valence-electron chi connectivity index (χ2n) is 6.17. The zero-order chi connectivity index (χ0) is 18.1. The van der Waals surface area contributed by atoms with Crippen LogP contribution in [0.2, 0.25) is 0 Å². The summed E-state index contributed by atoms with van der Waals surface area (Å²) in [4.78, 5) is 30.3. The largest absolute Gasteiger partial charge is 0.477 e. The number of pyridine rings is 1. The predicted molar refractivity (Wildman–Crippen MR) is 95.6 cm³/mol. The monoisotopic (exact) mass is 340 g/mol. The first-order valence-corrected chi connectivity index (χ1v) is 7.96. The lowest BCUT2D eigenvalue weighted by Crippen LogP contribution is -2.48. The molecule has 0 spiro atoms. The summed E-state index contributed by atoms with van der Waals surface area (Å²) in [7, 11) is 0. The molecular formula is C18H20N4O3. The molecule has 2 aromatic rings. The normalized spacial score (nSPS) is 16.2. The lowest BCUT2D eigenvalue weighted by molar-refractivity contribution is -0.127. The molecule has 1 aromatic carbocycles. The van der Waals surface area contributed by atoms with E-state index in [1.165, 1.54) is 4.90 Å². The molecule has 0 radical (unpaired) electrons. The third kappa shape index (κ3) is 3.55. The Morgan fingerprint density at radius 1 is 1.28 bits per heavy atom. The molecule has 130 valence electrons. The highest BCUT2D eigenvalue weighted by Gasteiger charge is 2.34.